The molecule has 0 saturated carbocycles. The number of benzene rings is 1. The third-order valence-electron chi connectivity index (χ3n) is 4.00. The van der Waals surface area contributed by atoms with E-state index in [2.05, 4.69) is 63.3 Å². The van der Waals surface area contributed by atoms with Gasteiger partial charge in [0.2, 0.25) is 0 Å². The highest BCUT2D eigenvalue weighted by Crippen LogP contribution is 2.22. The summed E-state index contributed by atoms with van der Waals surface area (Å²) in [7, 11) is 0. The van der Waals surface area contributed by atoms with E-state index >= 15 is 0 Å². The van der Waals surface area contributed by atoms with Crippen LogP contribution >= 0.6 is 0 Å². The molecular formula is C18H31N. The van der Waals surface area contributed by atoms with E-state index in [4.69, 9.17) is 0 Å². The van der Waals surface area contributed by atoms with Crippen LogP contribution in [0.4, 0.5) is 0 Å². The molecule has 0 heterocycles. The second kappa shape index (κ2) is 9.14. The van der Waals surface area contributed by atoms with Crippen molar-refractivity contribution in [3.8, 4) is 0 Å². The largest absolute Gasteiger partial charge is 0.314 e. The fourth-order valence-corrected chi connectivity index (χ4v) is 2.68. The van der Waals surface area contributed by atoms with Crippen LogP contribution in [0.3, 0.4) is 0 Å². The van der Waals surface area contributed by atoms with Gasteiger partial charge in [-0.25, -0.2) is 0 Å². The van der Waals surface area contributed by atoms with E-state index in [1.807, 2.05) is 0 Å². The van der Waals surface area contributed by atoms with Crippen molar-refractivity contribution >= 4 is 0 Å². The Morgan fingerprint density at radius 3 is 2.11 bits per heavy atom. The van der Waals surface area contributed by atoms with E-state index in [9.17, 15) is 0 Å². The van der Waals surface area contributed by atoms with Crippen molar-refractivity contribution in [2.45, 2.75) is 59.4 Å². The Hall–Kier alpha value is -0.820. The van der Waals surface area contributed by atoms with E-state index in [1.54, 1.807) is 0 Å². The Kier molecular flexibility index (Phi) is 7.81. The van der Waals surface area contributed by atoms with Crippen LogP contribution in [-0.4, -0.2) is 12.6 Å². The maximum absolute atomic E-state index is 3.62. The molecule has 1 aromatic rings. The molecular weight excluding hydrogens is 230 g/mol. The summed E-state index contributed by atoms with van der Waals surface area (Å²) in [5, 5.41) is 3.62. The molecule has 1 rings (SSSR count). The summed E-state index contributed by atoms with van der Waals surface area (Å²) in [6.45, 7) is 10.3. The first kappa shape index (κ1) is 16.2. The average molecular weight is 261 g/mol. The number of nitrogens with one attached hydrogen (secondary N) is 1. The summed E-state index contributed by atoms with van der Waals surface area (Å²) in [6.07, 6.45) is 5.17. The number of hydrogen-bond donors (Lipinski definition) is 1. The minimum Gasteiger partial charge on any atom is -0.314 e. The van der Waals surface area contributed by atoms with Crippen molar-refractivity contribution in [3.63, 3.8) is 0 Å². The van der Waals surface area contributed by atoms with Crippen LogP contribution in [0.5, 0.6) is 0 Å². The van der Waals surface area contributed by atoms with Crippen LogP contribution in [0, 0.1) is 11.8 Å². The summed E-state index contributed by atoms with van der Waals surface area (Å²) in [5.74, 6) is 1.64. The van der Waals surface area contributed by atoms with Gasteiger partial charge in [-0.15, -0.1) is 0 Å². The number of hydrogen-bond acceptors (Lipinski definition) is 1. The highest BCUT2D eigenvalue weighted by molar-refractivity contribution is 5.15. The first-order chi connectivity index (χ1) is 9.15. The van der Waals surface area contributed by atoms with E-state index in [1.165, 1.54) is 31.2 Å². The first-order valence-corrected chi connectivity index (χ1v) is 7.92. The van der Waals surface area contributed by atoms with E-state index in [0.717, 1.165) is 18.4 Å². The lowest BCUT2D eigenvalue weighted by molar-refractivity contribution is 0.331. The molecule has 1 atom stereocenters. The summed E-state index contributed by atoms with van der Waals surface area (Å²) in [6, 6.07) is 11.5. The zero-order chi connectivity index (χ0) is 14.1. The molecule has 0 aliphatic rings. The molecule has 1 aromatic carbocycles. The molecule has 0 bridgehead atoms. The normalized spacial score (nSPS) is 13.2. The fourth-order valence-electron chi connectivity index (χ4n) is 2.68. The van der Waals surface area contributed by atoms with Gasteiger partial charge in [0.05, 0.1) is 0 Å². The van der Waals surface area contributed by atoms with Crippen LogP contribution in [0.25, 0.3) is 0 Å². The molecule has 1 unspecified atom stereocenters. The highest BCUT2D eigenvalue weighted by atomic mass is 14.9. The minimum atomic E-state index is 0.583. The van der Waals surface area contributed by atoms with Gasteiger partial charge >= 0.3 is 0 Å². The Morgan fingerprint density at radius 1 is 0.947 bits per heavy atom. The van der Waals surface area contributed by atoms with Crippen molar-refractivity contribution in [1.29, 1.82) is 0 Å². The third-order valence-corrected chi connectivity index (χ3v) is 4.00. The summed E-state index contributed by atoms with van der Waals surface area (Å²) in [5.41, 5.74) is 1.48. The molecule has 108 valence electrons. The van der Waals surface area contributed by atoms with Crippen molar-refractivity contribution in [2.75, 3.05) is 6.54 Å². The monoisotopic (exact) mass is 261 g/mol. The molecule has 0 amide bonds. The maximum atomic E-state index is 3.62. The second-order valence-electron chi connectivity index (χ2n) is 6.04. The minimum absolute atomic E-state index is 0.583. The first-order valence-electron chi connectivity index (χ1n) is 7.92. The van der Waals surface area contributed by atoms with Crippen LogP contribution < -0.4 is 5.32 Å². The molecule has 0 spiro atoms. The summed E-state index contributed by atoms with van der Waals surface area (Å²) in [4.78, 5) is 0. The van der Waals surface area contributed by atoms with Gasteiger partial charge in [-0.2, -0.15) is 0 Å². The van der Waals surface area contributed by atoms with Crippen LogP contribution in [-0.2, 0) is 6.42 Å². The van der Waals surface area contributed by atoms with Gasteiger partial charge in [0.1, 0.15) is 0 Å². The Balaban J connectivity index is 2.57. The van der Waals surface area contributed by atoms with Crippen LogP contribution in [0.2, 0.25) is 0 Å². The molecule has 0 radical (unpaired) electrons. The van der Waals surface area contributed by atoms with Gasteiger partial charge in [0.15, 0.2) is 0 Å². The molecule has 19 heavy (non-hydrogen) atoms. The SMILES string of the molecule is CCC(CC)CC(CNC(C)C)Cc1ccccc1. The zero-order valence-electron chi connectivity index (χ0n) is 13.2. The fraction of sp³-hybridized carbons (Fsp3) is 0.667. The quantitative estimate of drug-likeness (QED) is 0.681. The van der Waals surface area contributed by atoms with Crippen molar-refractivity contribution in [3.05, 3.63) is 35.9 Å². The second-order valence-corrected chi connectivity index (χ2v) is 6.04. The maximum Gasteiger partial charge on any atom is 0.00104 e. The smallest absolute Gasteiger partial charge is 0.00104 e. The van der Waals surface area contributed by atoms with Gasteiger partial charge in [0, 0.05) is 6.04 Å². The van der Waals surface area contributed by atoms with Crippen LogP contribution in [0.1, 0.15) is 52.5 Å². The predicted octanol–water partition coefficient (Wildman–Crippen LogP) is 4.67. The topological polar surface area (TPSA) is 12.0 Å². The van der Waals surface area contributed by atoms with E-state index < -0.39 is 0 Å². The van der Waals surface area contributed by atoms with E-state index in [0.29, 0.717) is 6.04 Å². The van der Waals surface area contributed by atoms with Crippen molar-refractivity contribution in [2.24, 2.45) is 11.8 Å². The van der Waals surface area contributed by atoms with Gasteiger partial charge in [-0.1, -0.05) is 70.9 Å². The standard InChI is InChI=1S/C18H31N/c1-5-16(6-2)12-18(14-19-15(3)4)13-17-10-8-7-9-11-17/h7-11,15-16,18-19H,5-6,12-14H2,1-4H3. The van der Waals surface area contributed by atoms with Crippen molar-refractivity contribution in [1.82, 2.24) is 5.32 Å². The molecule has 1 nitrogen and oxygen atoms in total. The average Bonchev–Trinajstić information content (AvgIpc) is 2.42. The summed E-state index contributed by atoms with van der Waals surface area (Å²) >= 11 is 0. The molecule has 0 saturated heterocycles. The van der Waals surface area contributed by atoms with Gasteiger partial charge in [0.25, 0.3) is 0 Å². The molecule has 0 aromatic heterocycles. The lowest BCUT2D eigenvalue weighted by Crippen LogP contribution is -2.31. The lowest BCUT2D eigenvalue weighted by atomic mass is 9.86. The molecule has 0 aliphatic heterocycles. The highest BCUT2D eigenvalue weighted by Gasteiger charge is 2.15. The van der Waals surface area contributed by atoms with Gasteiger partial charge in [-0.3, -0.25) is 0 Å². The molecule has 0 fully saturated rings. The Labute approximate surface area is 119 Å². The zero-order valence-corrected chi connectivity index (χ0v) is 13.2. The molecule has 0 aliphatic carbocycles. The van der Waals surface area contributed by atoms with Crippen LogP contribution in [0.15, 0.2) is 30.3 Å². The van der Waals surface area contributed by atoms with Gasteiger partial charge < -0.3 is 5.32 Å². The molecule has 1 N–H and O–H groups in total. The van der Waals surface area contributed by atoms with Crippen molar-refractivity contribution < 1.29 is 0 Å². The lowest BCUT2D eigenvalue weighted by Gasteiger charge is -2.23. The van der Waals surface area contributed by atoms with Gasteiger partial charge in [-0.05, 0) is 36.8 Å². The Morgan fingerprint density at radius 2 is 1.58 bits per heavy atom. The summed E-state index contributed by atoms with van der Waals surface area (Å²) < 4.78 is 0. The Bertz CT molecular complexity index is 314. The number of rotatable bonds is 9. The predicted molar refractivity (Wildman–Crippen MR) is 85.5 cm³/mol. The molecule has 1 heteroatoms. The van der Waals surface area contributed by atoms with E-state index in [-0.39, 0.29) is 0 Å². The third kappa shape index (κ3) is 6.77.